The van der Waals surface area contributed by atoms with Gasteiger partial charge in [-0.1, -0.05) is 37.1 Å². The molecule has 4 heteroatoms. The molecule has 0 saturated carbocycles. The molecule has 1 rings (SSSR count). The molecule has 1 unspecified atom stereocenters. The van der Waals surface area contributed by atoms with Gasteiger partial charge in [-0.25, -0.2) is 0 Å². The molecule has 0 aromatic heterocycles. The van der Waals surface area contributed by atoms with Crippen molar-refractivity contribution in [3.8, 4) is 0 Å². The molecule has 3 nitrogen and oxygen atoms in total. The molecule has 0 bridgehead atoms. The summed E-state index contributed by atoms with van der Waals surface area (Å²) in [6, 6.07) is 8.39. The summed E-state index contributed by atoms with van der Waals surface area (Å²) in [5, 5.41) is 7.11. The number of amides is 1. The smallest absolute Gasteiger partial charge is 0.221 e. The Hall–Kier alpha value is -1.06. The van der Waals surface area contributed by atoms with Gasteiger partial charge in [-0.3, -0.25) is 4.79 Å². The average molecular weight is 297 g/mol. The fourth-order valence-corrected chi connectivity index (χ4v) is 2.25. The molecule has 1 atom stereocenters. The van der Waals surface area contributed by atoms with Crippen LogP contribution in [0.25, 0.3) is 0 Å². The van der Waals surface area contributed by atoms with Crippen molar-refractivity contribution in [2.45, 2.75) is 52.1 Å². The van der Waals surface area contributed by atoms with Crippen LogP contribution in [0, 0.1) is 0 Å². The van der Waals surface area contributed by atoms with E-state index in [4.69, 9.17) is 11.6 Å². The van der Waals surface area contributed by atoms with Crippen LogP contribution in [0.4, 0.5) is 0 Å². The largest absolute Gasteiger partial charge is 0.354 e. The second-order valence-corrected chi connectivity index (χ2v) is 5.76. The number of carbonyl (C=O) groups excluding carboxylic acids is 1. The average Bonchev–Trinajstić information content (AvgIpc) is 2.38. The molecule has 2 N–H and O–H groups in total. The van der Waals surface area contributed by atoms with E-state index in [1.807, 2.05) is 38.1 Å². The zero-order valence-corrected chi connectivity index (χ0v) is 13.3. The minimum absolute atomic E-state index is 0.0962. The summed E-state index contributed by atoms with van der Waals surface area (Å²) in [4.78, 5) is 11.6. The van der Waals surface area contributed by atoms with E-state index in [9.17, 15) is 4.79 Å². The van der Waals surface area contributed by atoms with Crippen molar-refractivity contribution in [1.82, 2.24) is 10.6 Å². The fraction of sp³-hybridized carbons (Fsp3) is 0.562. The number of hydrogen-bond donors (Lipinski definition) is 2. The number of nitrogens with one attached hydrogen (secondary N) is 2. The van der Waals surface area contributed by atoms with Crippen molar-refractivity contribution in [3.63, 3.8) is 0 Å². The first-order valence-corrected chi connectivity index (χ1v) is 7.69. The lowest BCUT2D eigenvalue weighted by molar-refractivity contribution is -0.121. The molecule has 20 heavy (non-hydrogen) atoms. The Morgan fingerprint density at radius 2 is 1.90 bits per heavy atom. The summed E-state index contributed by atoms with van der Waals surface area (Å²) in [5.41, 5.74) is 1.22. The van der Waals surface area contributed by atoms with Gasteiger partial charge in [0.1, 0.15) is 0 Å². The summed E-state index contributed by atoms with van der Waals surface area (Å²) in [6.45, 7) is 6.79. The Morgan fingerprint density at radius 3 is 2.45 bits per heavy atom. The van der Waals surface area contributed by atoms with Crippen LogP contribution in [0.15, 0.2) is 24.3 Å². The molecule has 0 radical (unpaired) electrons. The highest BCUT2D eigenvalue weighted by Crippen LogP contribution is 2.20. The Kier molecular flexibility index (Phi) is 7.63. The van der Waals surface area contributed by atoms with Crippen LogP contribution in [0.2, 0.25) is 5.02 Å². The first-order chi connectivity index (χ1) is 9.52. The normalized spacial score (nSPS) is 12.4. The fourth-order valence-electron chi connectivity index (χ4n) is 2.12. The van der Waals surface area contributed by atoms with E-state index in [-0.39, 0.29) is 18.0 Å². The number of carbonyl (C=O) groups is 1. The van der Waals surface area contributed by atoms with Gasteiger partial charge >= 0.3 is 0 Å². The van der Waals surface area contributed by atoms with Gasteiger partial charge < -0.3 is 10.6 Å². The highest BCUT2D eigenvalue weighted by atomic mass is 35.5. The van der Waals surface area contributed by atoms with Gasteiger partial charge in [-0.2, -0.15) is 0 Å². The lowest BCUT2D eigenvalue weighted by Gasteiger charge is -2.19. The third-order valence-electron chi connectivity index (χ3n) is 3.04. The zero-order valence-electron chi connectivity index (χ0n) is 12.6. The van der Waals surface area contributed by atoms with Crippen molar-refractivity contribution in [2.24, 2.45) is 0 Å². The third-order valence-corrected chi connectivity index (χ3v) is 3.29. The highest BCUT2D eigenvalue weighted by molar-refractivity contribution is 6.30. The van der Waals surface area contributed by atoms with E-state index < -0.39 is 0 Å². The maximum absolute atomic E-state index is 11.6. The van der Waals surface area contributed by atoms with Gasteiger partial charge in [-0.05, 0) is 38.0 Å². The summed E-state index contributed by atoms with van der Waals surface area (Å²) < 4.78 is 0. The van der Waals surface area contributed by atoms with E-state index in [0.29, 0.717) is 13.0 Å². The SMILES string of the molecule is CCCC(NCCC(=O)NC(C)C)c1ccc(Cl)cc1. The monoisotopic (exact) mass is 296 g/mol. The van der Waals surface area contributed by atoms with Crippen LogP contribution in [0.1, 0.15) is 51.6 Å². The van der Waals surface area contributed by atoms with Gasteiger partial charge in [0.15, 0.2) is 0 Å². The molecular weight excluding hydrogens is 272 g/mol. The first kappa shape index (κ1) is 17.0. The van der Waals surface area contributed by atoms with Crippen LogP contribution in [-0.2, 0) is 4.79 Å². The van der Waals surface area contributed by atoms with E-state index in [1.165, 1.54) is 5.56 Å². The highest BCUT2D eigenvalue weighted by Gasteiger charge is 2.11. The van der Waals surface area contributed by atoms with Gasteiger partial charge in [0, 0.05) is 30.1 Å². The van der Waals surface area contributed by atoms with Crippen LogP contribution in [0.5, 0.6) is 0 Å². The van der Waals surface area contributed by atoms with E-state index in [1.54, 1.807) is 0 Å². The predicted molar refractivity (Wildman–Crippen MR) is 85.0 cm³/mol. The quantitative estimate of drug-likeness (QED) is 0.768. The lowest BCUT2D eigenvalue weighted by atomic mass is 10.0. The second-order valence-electron chi connectivity index (χ2n) is 5.32. The van der Waals surface area contributed by atoms with Crippen LogP contribution in [0.3, 0.4) is 0 Å². The van der Waals surface area contributed by atoms with E-state index >= 15 is 0 Å². The number of benzene rings is 1. The molecule has 1 aromatic carbocycles. The molecule has 0 saturated heterocycles. The predicted octanol–water partition coefficient (Wildman–Crippen LogP) is 3.69. The minimum atomic E-state index is 0.0962. The minimum Gasteiger partial charge on any atom is -0.354 e. The molecule has 0 spiro atoms. The molecule has 0 heterocycles. The van der Waals surface area contributed by atoms with E-state index in [0.717, 1.165) is 17.9 Å². The molecule has 0 aliphatic heterocycles. The Labute approximate surface area is 127 Å². The molecule has 1 aromatic rings. The van der Waals surface area contributed by atoms with Crippen LogP contribution in [-0.4, -0.2) is 18.5 Å². The van der Waals surface area contributed by atoms with Crippen molar-refractivity contribution in [3.05, 3.63) is 34.9 Å². The van der Waals surface area contributed by atoms with Crippen molar-refractivity contribution in [1.29, 1.82) is 0 Å². The second kappa shape index (κ2) is 8.98. The maximum Gasteiger partial charge on any atom is 0.221 e. The summed E-state index contributed by atoms with van der Waals surface area (Å²) in [7, 11) is 0. The molecule has 112 valence electrons. The topological polar surface area (TPSA) is 41.1 Å². The summed E-state index contributed by atoms with van der Waals surface area (Å²) >= 11 is 5.91. The summed E-state index contributed by atoms with van der Waals surface area (Å²) in [5.74, 6) is 0.0962. The third kappa shape index (κ3) is 6.40. The maximum atomic E-state index is 11.6. The Morgan fingerprint density at radius 1 is 1.25 bits per heavy atom. The van der Waals surface area contributed by atoms with Gasteiger partial charge in [0.2, 0.25) is 5.91 Å². The number of halogens is 1. The number of hydrogen-bond acceptors (Lipinski definition) is 2. The molecule has 0 aliphatic carbocycles. The Bertz CT molecular complexity index is 403. The van der Waals surface area contributed by atoms with Crippen LogP contribution >= 0.6 is 11.6 Å². The molecule has 0 aliphatic rings. The van der Waals surface area contributed by atoms with E-state index in [2.05, 4.69) is 17.6 Å². The Balaban J connectivity index is 2.47. The molecule has 0 fully saturated rings. The molecule has 1 amide bonds. The van der Waals surface area contributed by atoms with Crippen molar-refractivity contribution < 1.29 is 4.79 Å². The first-order valence-electron chi connectivity index (χ1n) is 7.31. The number of rotatable bonds is 8. The summed E-state index contributed by atoms with van der Waals surface area (Å²) in [6.07, 6.45) is 2.65. The van der Waals surface area contributed by atoms with Gasteiger partial charge in [0.25, 0.3) is 0 Å². The van der Waals surface area contributed by atoms with Gasteiger partial charge in [-0.15, -0.1) is 0 Å². The van der Waals surface area contributed by atoms with Crippen molar-refractivity contribution >= 4 is 17.5 Å². The standard InChI is InChI=1S/C16H25ClN2O/c1-4-5-15(13-6-8-14(17)9-7-13)18-11-10-16(20)19-12(2)3/h6-9,12,15,18H,4-5,10-11H2,1-3H3,(H,19,20). The lowest BCUT2D eigenvalue weighted by Crippen LogP contribution is -2.33. The van der Waals surface area contributed by atoms with Crippen molar-refractivity contribution in [2.75, 3.05) is 6.54 Å². The van der Waals surface area contributed by atoms with Gasteiger partial charge in [0.05, 0.1) is 0 Å². The molecular formula is C16H25ClN2O. The van der Waals surface area contributed by atoms with Crippen LogP contribution < -0.4 is 10.6 Å². The zero-order chi connectivity index (χ0) is 15.0.